The molecular weight excluding hydrogens is 660 g/mol. The number of allylic oxidation sites excluding steroid dienone is 2. The molecule has 10 heteroatoms. The fraction of sp³-hybridized carbons (Fsp3) is 0.786. The monoisotopic (exact) mass is 728 g/mol. The van der Waals surface area contributed by atoms with Gasteiger partial charge in [-0.15, -0.1) is 0 Å². The van der Waals surface area contributed by atoms with Gasteiger partial charge in [0.2, 0.25) is 0 Å². The molecule has 10 nitrogen and oxygen atoms in total. The highest BCUT2D eigenvalue weighted by atomic mass is 16.6. The van der Waals surface area contributed by atoms with Gasteiger partial charge in [0.05, 0.1) is 44.6 Å². The molecule has 1 amide bonds. The number of hydrogen-bond acceptors (Lipinski definition) is 9. The van der Waals surface area contributed by atoms with Crippen LogP contribution in [0, 0.1) is 11.8 Å². The number of carbonyl (C=O) groups excluding carboxylic acids is 3. The number of alkyl carbamates (subject to hydrolysis) is 1. The molecule has 4 heterocycles. The predicted octanol–water partition coefficient (Wildman–Crippen LogP) is 7.99. The van der Waals surface area contributed by atoms with Crippen molar-refractivity contribution in [1.29, 1.82) is 0 Å². The molecule has 0 aromatic rings. The summed E-state index contributed by atoms with van der Waals surface area (Å²) in [5.41, 5.74) is 0.936. The molecule has 1 N–H and O–H groups in total. The molecule has 8 unspecified atom stereocenters. The SMILES string of the molecule is CCC(CCNC(=O)OCCCC/C=C/C1OC(=O)CC2C/C(=C\C(=O)OC)CC(CC3CCCC(CC(C)/C=C/C1C)O3)O2)N1CCCCCC1. The number of fused-ring (bicyclic) bond motifs is 4. The Morgan fingerprint density at radius 3 is 2.42 bits per heavy atom. The van der Waals surface area contributed by atoms with Crippen molar-refractivity contribution in [3.8, 4) is 0 Å². The van der Waals surface area contributed by atoms with Crippen LogP contribution in [-0.4, -0.2) is 92.8 Å². The first-order valence-corrected chi connectivity index (χ1v) is 20.5. The normalized spacial score (nSPS) is 31.7. The zero-order valence-electron chi connectivity index (χ0n) is 32.6. The van der Waals surface area contributed by atoms with Crippen molar-refractivity contribution in [1.82, 2.24) is 10.2 Å². The highest BCUT2D eigenvalue weighted by Crippen LogP contribution is 2.33. The van der Waals surface area contributed by atoms with Gasteiger partial charge in [-0.1, -0.05) is 57.4 Å². The van der Waals surface area contributed by atoms with Crippen LogP contribution in [-0.2, 0) is 33.3 Å². The van der Waals surface area contributed by atoms with Gasteiger partial charge < -0.3 is 33.9 Å². The number of nitrogens with one attached hydrogen (secondary N) is 1. The van der Waals surface area contributed by atoms with Crippen LogP contribution in [0.25, 0.3) is 0 Å². The predicted molar refractivity (Wildman–Crippen MR) is 203 cm³/mol. The number of esters is 2. The summed E-state index contributed by atoms with van der Waals surface area (Å²) in [5, 5.41) is 2.94. The van der Waals surface area contributed by atoms with E-state index in [4.69, 9.17) is 23.7 Å². The number of rotatable bonds is 12. The smallest absolute Gasteiger partial charge is 0.407 e. The zero-order valence-corrected chi connectivity index (χ0v) is 32.6. The quantitative estimate of drug-likeness (QED) is 0.0703. The second-order valence-corrected chi connectivity index (χ2v) is 15.6. The standard InChI is InChI=1S/C42H68N2O8/c1-5-34(44-22-11-7-8-12-23-44)20-21-43-42(47)49-24-13-9-6-10-17-39-32(3)19-18-31(2)25-35-15-14-16-36(50-35)29-37-26-33(28-40(45)48-4)27-38(51-37)30-41(46)52-39/h10,17-19,28,31-32,34-39H,5-9,11-16,20-27,29-30H2,1-4H3,(H,43,47)/b17-10+,19-18+,33-28-. The van der Waals surface area contributed by atoms with Gasteiger partial charge in [0.1, 0.15) is 6.10 Å². The number of nitrogens with zero attached hydrogens (tertiary/aromatic N) is 1. The third-order valence-electron chi connectivity index (χ3n) is 11.1. The van der Waals surface area contributed by atoms with Gasteiger partial charge in [0, 0.05) is 31.0 Å². The molecule has 3 fully saturated rings. The second kappa shape index (κ2) is 23.2. The Kier molecular flexibility index (Phi) is 18.7. The molecule has 294 valence electrons. The van der Waals surface area contributed by atoms with Crippen molar-refractivity contribution >= 4 is 18.0 Å². The van der Waals surface area contributed by atoms with Crippen molar-refractivity contribution in [2.75, 3.05) is 33.4 Å². The number of ether oxygens (including phenoxy) is 5. The van der Waals surface area contributed by atoms with Crippen LogP contribution in [0.4, 0.5) is 4.79 Å². The number of methoxy groups -OCH3 is 1. The van der Waals surface area contributed by atoms with E-state index >= 15 is 0 Å². The Bertz CT molecular complexity index is 1180. The summed E-state index contributed by atoms with van der Waals surface area (Å²) in [6, 6.07) is 0.514. The minimum absolute atomic E-state index is 0.0240. The van der Waals surface area contributed by atoms with E-state index in [1.165, 1.54) is 45.9 Å². The third-order valence-corrected chi connectivity index (χ3v) is 11.1. The molecule has 52 heavy (non-hydrogen) atoms. The van der Waals surface area contributed by atoms with Crippen molar-refractivity contribution < 1.29 is 38.1 Å². The van der Waals surface area contributed by atoms with Crippen molar-refractivity contribution in [3.05, 3.63) is 36.0 Å². The highest BCUT2D eigenvalue weighted by molar-refractivity contribution is 5.82. The van der Waals surface area contributed by atoms with Gasteiger partial charge >= 0.3 is 18.0 Å². The van der Waals surface area contributed by atoms with Crippen LogP contribution in [0.5, 0.6) is 0 Å². The van der Waals surface area contributed by atoms with Crippen molar-refractivity contribution in [2.24, 2.45) is 11.8 Å². The first-order valence-electron chi connectivity index (χ1n) is 20.5. The molecule has 4 aliphatic heterocycles. The van der Waals surface area contributed by atoms with E-state index < -0.39 is 6.10 Å². The number of carbonyl (C=O) groups is 3. The Morgan fingerprint density at radius 2 is 1.67 bits per heavy atom. The van der Waals surface area contributed by atoms with Crippen LogP contribution < -0.4 is 5.32 Å². The Morgan fingerprint density at radius 1 is 0.942 bits per heavy atom. The lowest BCUT2D eigenvalue weighted by Gasteiger charge is -2.37. The van der Waals surface area contributed by atoms with Crippen LogP contribution in [0.1, 0.15) is 130 Å². The first kappa shape index (κ1) is 42.1. The van der Waals surface area contributed by atoms with Crippen molar-refractivity contribution in [3.63, 3.8) is 0 Å². The maximum absolute atomic E-state index is 13.4. The average molecular weight is 729 g/mol. The van der Waals surface area contributed by atoms with Gasteiger partial charge in [-0.05, 0) is 109 Å². The summed E-state index contributed by atoms with van der Waals surface area (Å²) in [5.74, 6) is -0.400. The van der Waals surface area contributed by atoms with E-state index in [-0.39, 0.29) is 54.8 Å². The Labute approximate surface area is 313 Å². The maximum atomic E-state index is 13.4. The van der Waals surface area contributed by atoms with Gasteiger partial charge in [0.25, 0.3) is 0 Å². The summed E-state index contributed by atoms with van der Waals surface area (Å²) in [7, 11) is 1.38. The van der Waals surface area contributed by atoms with E-state index in [1.54, 1.807) is 6.08 Å². The molecule has 0 aromatic heterocycles. The average Bonchev–Trinajstić information content (AvgIpc) is 3.41. The molecule has 4 aliphatic rings. The van der Waals surface area contributed by atoms with Crippen molar-refractivity contribution in [2.45, 2.75) is 166 Å². The molecule has 4 rings (SSSR count). The lowest BCUT2D eigenvalue weighted by Crippen LogP contribution is -2.38. The van der Waals surface area contributed by atoms with Gasteiger partial charge in [0.15, 0.2) is 0 Å². The summed E-state index contributed by atoms with van der Waals surface area (Å²) in [6.07, 6.45) is 24.8. The summed E-state index contributed by atoms with van der Waals surface area (Å²) < 4.78 is 29.5. The molecule has 3 saturated heterocycles. The van der Waals surface area contributed by atoms with E-state index in [0.29, 0.717) is 38.0 Å². The number of amides is 1. The van der Waals surface area contributed by atoms with Gasteiger partial charge in [-0.3, -0.25) is 4.79 Å². The number of unbranched alkanes of at least 4 members (excludes halogenated alkanes) is 2. The molecule has 4 bridgehead atoms. The lowest BCUT2D eigenvalue weighted by atomic mass is 9.89. The van der Waals surface area contributed by atoms with Crippen LogP contribution in [0.3, 0.4) is 0 Å². The number of likely N-dealkylation sites (tertiary alicyclic amines) is 1. The fourth-order valence-electron chi connectivity index (χ4n) is 8.19. The molecule has 0 aliphatic carbocycles. The van der Waals surface area contributed by atoms with Crippen LogP contribution in [0.2, 0.25) is 0 Å². The molecule has 0 radical (unpaired) electrons. The molecule has 0 saturated carbocycles. The first-order chi connectivity index (χ1) is 25.2. The third kappa shape index (κ3) is 15.3. The molecule has 8 atom stereocenters. The summed E-state index contributed by atoms with van der Waals surface area (Å²) >= 11 is 0. The summed E-state index contributed by atoms with van der Waals surface area (Å²) in [6.45, 7) is 9.87. The van der Waals surface area contributed by atoms with Crippen LogP contribution in [0.15, 0.2) is 36.0 Å². The number of cyclic esters (lactones) is 1. The lowest BCUT2D eigenvalue weighted by molar-refractivity contribution is -0.154. The van der Waals surface area contributed by atoms with Gasteiger partial charge in [-0.25, -0.2) is 9.59 Å². The van der Waals surface area contributed by atoms with E-state index in [0.717, 1.165) is 69.8 Å². The largest absolute Gasteiger partial charge is 0.466 e. The minimum Gasteiger partial charge on any atom is -0.466 e. The highest BCUT2D eigenvalue weighted by Gasteiger charge is 2.33. The van der Waals surface area contributed by atoms with E-state index in [9.17, 15) is 14.4 Å². The Hall–Kier alpha value is -2.69. The summed E-state index contributed by atoms with van der Waals surface area (Å²) in [4.78, 5) is 40.4. The molecule has 0 aromatic carbocycles. The Balaban J connectivity index is 1.26. The fourth-order valence-corrected chi connectivity index (χ4v) is 8.19. The minimum atomic E-state index is -0.424. The number of hydrogen-bond donors (Lipinski definition) is 1. The second-order valence-electron chi connectivity index (χ2n) is 15.6. The van der Waals surface area contributed by atoms with Gasteiger partial charge in [-0.2, -0.15) is 0 Å². The van der Waals surface area contributed by atoms with E-state index in [1.807, 2.05) is 6.08 Å². The molecular formula is C42H68N2O8. The topological polar surface area (TPSA) is 113 Å². The van der Waals surface area contributed by atoms with Crippen LogP contribution >= 0.6 is 0 Å². The zero-order chi connectivity index (χ0) is 37.1. The molecule has 0 spiro atoms. The maximum Gasteiger partial charge on any atom is 0.407 e. The van der Waals surface area contributed by atoms with E-state index in [2.05, 4.69) is 49.2 Å².